The summed E-state index contributed by atoms with van der Waals surface area (Å²) >= 11 is 0. The van der Waals surface area contributed by atoms with Gasteiger partial charge < -0.3 is 21.6 Å². The van der Waals surface area contributed by atoms with E-state index in [1.807, 2.05) is 6.07 Å². The van der Waals surface area contributed by atoms with E-state index in [2.05, 4.69) is 36.5 Å². The van der Waals surface area contributed by atoms with Gasteiger partial charge in [0.2, 0.25) is 5.96 Å². The van der Waals surface area contributed by atoms with Crippen molar-refractivity contribution in [2.24, 2.45) is 16.6 Å². The Morgan fingerprint density at radius 2 is 2.12 bits per heavy atom. The molecule has 0 aromatic heterocycles. The molecular formula is C12H20N4O. The maximum atomic E-state index is 5.29. The number of hydrazone groups is 1. The van der Waals surface area contributed by atoms with Crippen molar-refractivity contribution in [3.8, 4) is 5.75 Å². The van der Waals surface area contributed by atoms with Gasteiger partial charge in [-0.15, -0.1) is 5.10 Å². The smallest absolute Gasteiger partial charge is 0.208 e. The van der Waals surface area contributed by atoms with Crippen molar-refractivity contribution in [1.82, 2.24) is 5.43 Å². The van der Waals surface area contributed by atoms with Crippen molar-refractivity contribution in [2.75, 3.05) is 7.11 Å². The first-order chi connectivity index (χ1) is 8.04. The van der Waals surface area contributed by atoms with E-state index in [4.69, 9.17) is 16.2 Å². The lowest BCUT2D eigenvalue weighted by Crippen LogP contribution is -2.26. The molecule has 17 heavy (non-hydrogen) atoms. The number of benzene rings is 1. The number of nitrogens with zero attached hydrogens (tertiary/aromatic N) is 1. The number of hydrogen-bond acceptors (Lipinski definition) is 3. The molecule has 1 aromatic rings. The zero-order chi connectivity index (χ0) is 12.8. The number of rotatable bonds is 5. The minimum absolute atomic E-state index is 0.0176. The van der Waals surface area contributed by atoms with Gasteiger partial charge in [-0.1, -0.05) is 26.0 Å². The first kappa shape index (κ1) is 13.2. The molecule has 0 atom stereocenters. The Balaban J connectivity index is 2.86. The highest BCUT2D eigenvalue weighted by atomic mass is 16.5. The van der Waals surface area contributed by atoms with Crippen LogP contribution in [0.4, 0.5) is 0 Å². The topological polar surface area (TPSA) is 85.7 Å². The molecule has 0 spiro atoms. The van der Waals surface area contributed by atoms with Crippen LogP contribution in [0.2, 0.25) is 0 Å². The van der Waals surface area contributed by atoms with Crippen molar-refractivity contribution in [3.05, 3.63) is 29.3 Å². The summed E-state index contributed by atoms with van der Waals surface area (Å²) in [5, 5.41) is 3.74. The van der Waals surface area contributed by atoms with Gasteiger partial charge in [0.15, 0.2) is 0 Å². The number of guanidine groups is 1. The third-order valence-electron chi connectivity index (χ3n) is 2.45. The number of hydrogen-bond donors (Lipinski definition) is 3. The van der Waals surface area contributed by atoms with Crippen LogP contribution in [-0.2, 0) is 6.54 Å². The molecule has 5 nitrogen and oxygen atoms in total. The summed E-state index contributed by atoms with van der Waals surface area (Å²) in [6, 6.07) is 6.12. The van der Waals surface area contributed by atoms with Crippen LogP contribution in [0, 0.1) is 0 Å². The number of ether oxygens (including phenoxy) is 1. The van der Waals surface area contributed by atoms with Crippen LogP contribution in [-0.4, -0.2) is 13.1 Å². The number of methoxy groups -OCH3 is 1. The van der Waals surface area contributed by atoms with E-state index in [1.165, 1.54) is 5.56 Å². The van der Waals surface area contributed by atoms with Gasteiger partial charge in [0.25, 0.3) is 0 Å². The van der Waals surface area contributed by atoms with E-state index in [1.54, 1.807) is 7.11 Å². The lowest BCUT2D eigenvalue weighted by Gasteiger charge is -2.12. The Labute approximate surface area is 102 Å². The monoisotopic (exact) mass is 236 g/mol. The number of nitrogens with two attached hydrogens (primary N) is 2. The van der Waals surface area contributed by atoms with Crippen LogP contribution in [0.3, 0.4) is 0 Å². The second-order valence-electron chi connectivity index (χ2n) is 4.10. The molecule has 0 saturated carbocycles. The van der Waals surface area contributed by atoms with Crippen molar-refractivity contribution in [3.63, 3.8) is 0 Å². The van der Waals surface area contributed by atoms with E-state index < -0.39 is 0 Å². The normalized spacial score (nSPS) is 10.1. The maximum absolute atomic E-state index is 5.29. The molecule has 5 heteroatoms. The second-order valence-corrected chi connectivity index (χ2v) is 4.10. The van der Waals surface area contributed by atoms with Crippen LogP contribution in [0.15, 0.2) is 23.3 Å². The molecule has 0 fully saturated rings. The van der Waals surface area contributed by atoms with E-state index >= 15 is 0 Å². The lowest BCUT2D eigenvalue weighted by atomic mass is 10.0. The minimum Gasteiger partial charge on any atom is -0.496 e. The van der Waals surface area contributed by atoms with Crippen molar-refractivity contribution < 1.29 is 4.74 Å². The van der Waals surface area contributed by atoms with Gasteiger partial charge in [-0.2, -0.15) is 0 Å². The molecule has 0 heterocycles. The SMILES string of the molecule is COc1ccc(C(C)C)cc1CNN=C(N)N. The molecule has 1 aromatic carbocycles. The van der Waals surface area contributed by atoms with Gasteiger partial charge in [0.1, 0.15) is 5.75 Å². The van der Waals surface area contributed by atoms with Crippen LogP contribution in [0.25, 0.3) is 0 Å². The zero-order valence-electron chi connectivity index (χ0n) is 10.5. The summed E-state index contributed by atoms with van der Waals surface area (Å²) in [7, 11) is 1.65. The first-order valence-electron chi connectivity index (χ1n) is 5.53. The summed E-state index contributed by atoms with van der Waals surface area (Å²) in [5.41, 5.74) is 15.6. The third kappa shape index (κ3) is 3.86. The fraction of sp³-hybridized carbons (Fsp3) is 0.417. The Hall–Kier alpha value is -1.91. The third-order valence-corrected chi connectivity index (χ3v) is 2.45. The molecule has 1 rings (SSSR count). The highest BCUT2D eigenvalue weighted by Gasteiger charge is 2.06. The summed E-state index contributed by atoms with van der Waals surface area (Å²) in [6.45, 7) is 4.83. The van der Waals surface area contributed by atoms with Crippen LogP contribution >= 0.6 is 0 Å². The van der Waals surface area contributed by atoms with Crippen molar-refractivity contribution in [1.29, 1.82) is 0 Å². The fourth-order valence-electron chi connectivity index (χ4n) is 1.51. The van der Waals surface area contributed by atoms with E-state index in [-0.39, 0.29) is 5.96 Å². The standard InChI is InChI=1S/C12H20N4O/c1-8(2)9-4-5-11(17-3)10(6-9)7-15-16-12(13)14/h4-6,8,15H,7H2,1-3H3,(H4,13,14,16). The Kier molecular flexibility index (Phi) is 4.63. The largest absolute Gasteiger partial charge is 0.496 e. The molecule has 0 bridgehead atoms. The first-order valence-corrected chi connectivity index (χ1v) is 5.53. The highest BCUT2D eigenvalue weighted by molar-refractivity contribution is 5.75. The average molecular weight is 236 g/mol. The molecule has 0 aliphatic heterocycles. The van der Waals surface area contributed by atoms with Crippen molar-refractivity contribution >= 4 is 5.96 Å². The number of nitrogens with one attached hydrogen (secondary N) is 1. The van der Waals surface area contributed by atoms with Gasteiger partial charge in [0.05, 0.1) is 13.7 Å². The van der Waals surface area contributed by atoms with Gasteiger partial charge in [0, 0.05) is 5.56 Å². The molecule has 0 aliphatic rings. The molecule has 0 unspecified atom stereocenters. The van der Waals surface area contributed by atoms with Crippen LogP contribution in [0.5, 0.6) is 5.75 Å². The molecule has 0 aliphatic carbocycles. The minimum atomic E-state index is 0.0176. The van der Waals surface area contributed by atoms with Crippen LogP contribution < -0.4 is 21.6 Å². The van der Waals surface area contributed by atoms with Gasteiger partial charge in [-0.3, -0.25) is 0 Å². The molecule has 94 valence electrons. The summed E-state index contributed by atoms with van der Waals surface area (Å²) in [6.07, 6.45) is 0. The predicted molar refractivity (Wildman–Crippen MR) is 69.7 cm³/mol. The molecule has 0 amide bonds. The van der Waals surface area contributed by atoms with Gasteiger partial charge in [-0.05, 0) is 17.5 Å². The summed E-state index contributed by atoms with van der Waals surface area (Å²) in [4.78, 5) is 0. The predicted octanol–water partition coefficient (Wildman–Crippen LogP) is 1.10. The maximum Gasteiger partial charge on any atom is 0.208 e. The second kappa shape index (κ2) is 5.98. The Morgan fingerprint density at radius 1 is 1.41 bits per heavy atom. The molecule has 0 saturated heterocycles. The Bertz CT molecular complexity index is 397. The van der Waals surface area contributed by atoms with Crippen molar-refractivity contribution in [2.45, 2.75) is 26.3 Å². The van der Waals surface area contributed by atoms with Gasteiger partial charge >= 0.3 is 0 Å². The molecular weight excluding hydrogens is 216 g/mol. The highest BCUT2D eigenvalue weighted by Crippen LogP contribution is 2.23. The summed E-state index contributed by atoms with van der Waals surface area (Å²) in [5.74, 6) is 1.32. The van der Waals surface area contributed by atoms with Gasteiger partial charge in [-0.25, -0.2) is 0 Å². The lowest BCUT2D eigenvalue weighted by molar-refractivity contribution is 0.407. The molecule has 0 radical (unpaired) electrons. The van der Waals surface area contributed by atoms with Crippen LogP contribution in [0.1, 0.15) is 30.9 Å². The fourth-order valence-corrected chi connectivity index (χ4v) is 1.51. The average Bonchev–Trinajstić information content (AvgIpc) is 2.28. The summed E-state index contributed by atoms with van der Waals surface area (Å²) < 4.78 is 5.29. The van der Waals surface area contributed by atoms with E-state index in [0.717, 1.165) is 11.3 Å². The van der Waals surface area contributed by atoms with E-state index in [9.17, 15) is 0 Å². The van der Waals surface area contributed by atoms with E-state index in [0.29, 0.717) is 12.5 Å². The quantitative estimate of drug-likeness (QED) is 0.406. The zero-order valence-corrected chi connectivity index (χ0v) is 10.5. The Morgan fingerprint density at radius 3 is 2.65 bits per heavy atom. The molecule has 5 N–H and O–H groups in total.